The second-order valence-corrected chi connectivity index (χ2v) is 11.7. The molecule has 2 aromatic rings. The highest BCUT2D eigenvalue weighted by Crippen LogP contribution is 2.39. The van der Waals surface area contributed by atoms with Crippen LogP contribution in [0, 0.1) is 0 Å². The SMILES string of the molecule is C[Si]1(C)COc2c(Br)c(-c3cccs3)nn2C1. The molecule has 0 amide bonds. The normalized spacial score (nSPS) is 17.6. The summed E-state index contributed by atoms with van der Waals surface area (Å²) >= 11 is 5.31. The van der Waals surface area contributed by atoms with Gasteiger partial charge in [0.1, 0.15) is 18.2 Å². The zero-order valence-corrected chi connectivity index (χ0v) is 13.1. The maximum absolute atomic E-state index is 5.87. The summed E-state index contributed by atoms with van der Waals surface area (Å²) in [6.45, 7) is 4.66. The summed E-state index contributed by atoms with van der Waals surface area (Å²) in [6.07, 6.45) is 1.91. The van der Waals surface area contributed by atoms with Gasteiger partial charge in [-0.2, -0.15) is 5.10 Å². The summed E-state index contributed by atoms with van der Waals surface area (Å²) < 4.78 is 8.88. The fraction of sp³-hybridized carbons (Fsp3) is 0.364. The van der Waals surface area contributed by atoms with Gasteiger partial charge in [-0.15, -0.1) is 11.3 Å². The van der Waals surface area contributed by atoms with E-state index in [1.807, 2.05) is 10.7 Å². The van der Waals surface area contributed by atoms with Crippen LogP contribution in [0.25, 0.3) is 10.6 Å². The Balaban J connectivity index is 2.08. The van der Waals surface area contributed by atoms with Crippen molar-refractivity contribution in [3.05, 3.63) is 22.0 Å². The summed E-state index contributed by atoms with van der Waals surface area (Å²) in [5.41, 5.74) is 1.00. The van der Waals surface area contributed by atoms with E-state index in [1.54, 1.807) is 11.3 Å². The first-order valence-corrected chi connectivity index (χ1v) is 10.6. The lowest BCUT2D eigenvalue weighted by Crippen LogP contribution is -2.44. The maximum atomic E-state index is 5.87. The molecule has 3 rings (SSSR count). The molecule has 3 heterocycles. The van der Waals surface area contributed by atoms with Gasteiger partial charge < -0.3 is 4.74 Å². The van der Waals surface area contributed by atoms with E-state index >= 15 is 0 Å². The van der Waals surface area contributed by atoms with Crippen LogP contribution in [0.2, 0.25) is 13.1 Å². The van der Waals surface area contributed by atoms with Crippen molar-refractivity contribution in [2.75, 3.05) is 6.23 Å². The van der Waals surface area contributed by atoms with Crippen molar-refractivity contribution in [1.82, 2.24) is 9.78 Å². The van der Waals surface area contributed by atoms with Gasteiger partial charge in [0.15, 0.2) is 0 Å². The Bertz CT molecular complexity index is 550. The average Bonchev–Trinajstić information content (AvgIpc) is 2.85. The molecule has 1 aliphatic heterocycles. The molecule has 2 aromatic heterocycles. The van der Waals surface area contributed by atoms with Crippen LogP contribution in [0.4, 0.5) is 0 Å². The minimum Gasteiger partial charge on any atom is -0.481 e. The second-order valence-electron chi connectivity index (χ2n) is 5.06. The monoisotopic (exact) mass is 328 g/mol. The van der Waals surface area contributed by atoms with E-state index in [0.717, 1.165) is 28.4 Å². The second kappa shape index (κ2) is 3.96. The summed E-state index contributed by atoms with van der Waals surface area (Å²) in [4.78, 5) is 1.18. The van der Waals surface area contributed by atoms with Gasteiger partial charge in [0.25, 0.3) is 0 Å². The van der Waals surface area contributed by atoms with Crippen molar-refractivity contribution in [2.24, 2.45) is 0 Å². The number of thiophene rings is 1. The fourth-order valence-electron chi connectivity index (χ4n) is 1.96. The van der Waals surface area contributed by atoms with Crippen LogP contribution in [0.3, 0.4) is 0 Å². The molecule has 0 aromatic carbocycles. The van der Waals surface area contributed by atoms with E-state index in [4.69, 9.17) is 4.74 Å². The van der Waals surface area contributed by atoms with E-state index in [9.17, 15) is 0 Å². The Morgan fingerprint density at radius 2 is 2.35 bits per heavy atom. The number of fused-ring (bicyclic) bond motifs is 1. The highest BCUT2D eigenvalue weighted by molar-refractivity contribution is 9.10. The maximum Gasteiger partial charge on any atom is 0.226 e. The van der Waals surface area contributed by atoms with Crippen LogP contribution in [0.15, 0.2) is 22.0 Å². The number of halogens is 1. The molecule has 0 radical (unpaired) electrons. The molecule has 0 bridgehead atoms. The summed E-state index contributed by atoms with van der Waals surface area (Å²) in [5.74, 6) is 0.889. The predicted molar refractivity (Wildman–Crippen MR) is 76.2 cm³/mol. The molecule has 0 spiro atoms. The van der Waals surface area contributed by atoms with Crippen molar-refractivity contribution < 1.29 is 4.74 Å². The molecule has 0 unspecified atom stereocenters. The molecule has 6 heteroatoms. The quantitative estimate of drug-likeness (QED) is 0.748. The van der Waals surface area contributed by atoms with E-state index in [2.05, 4.69) is 45.6 Å². The number of aromatic nitrogens is 2. The van der Waals surface area contributed by atoms with E-state index in [1.165, 1.54) is 4.88 Å². The number of nitrogens with zero attached hydrogens (tertiary/aromatic N) is 2. The molecule has 17 heavy (non-hydrogen) atoms. The molecule has 0 N–H and O–H groups in total. The van der Waals surface area contributed by atoms with Gasteiger partial charge in [-0.25, -0.2) is 4.68 Å². The highest BCUT2D eigenvalue weighted by Gasteiger charge is 2.32. The largest absolute Gasteiger partial charge is 0.481 e. The molecule has 3 nitrogen and oxygen atoms in total. The van der Waals surface area contributed by atoms with Crippen LogP contribution in [-0.2, 0) is 6.17 Å². The molecule has 0 saturated carbocycles. The number of rotatable bonds is 1. The average molecular weight is 329 g/mol. The van der Waals surface area contributed by atoms with Crippen LogP contribution in [0.1, 0.15) is 0 Å². The summed E-state index contributed by atoms with van der Waals surface area (Å²) in [6, 6.07) is 4.14. The molecule has 1 aliphatic rings. The van der Waals surface area contributed by atoms with Crippen molar-refractivity contribution in [3.8, 4) is 16.5 Å². The van der Waals surface area contributed by atoms with Crippen LogP contribution < -0.4 is 4.74 Å². The molecule has 0 fully saturated rings. The first-order chi connectivity index (χ1) is 8.07. The van der Waals surface area contributed by atoms with Gasteiger partial charge >= 0.3 is 0 Å². The third-order valence-electron chi connectivity index (χ3n) is 2.78. The predicted octanol–water partition coefficient (Wildman–Crippen LogP) is 3.55. The lowest BCUT2D eigenvalue weighted by Gasteiger charge is -2.28. The van der Waals surface area contributed by atoms with Crippen molar-refractivity contribution in [2.45, 2.75) is 19.3 Å². The zero-order valence-electron chi connectivity index (χ0n) is 9.74. The fourth-order valence-corrected chi connectivity index (χ4v) is 5.06. The minimum absolute atomic E-state index is 0.876. The van der Waals surface area contributed by atoms with Crippen LogP contribution >= 0.6 is 27.3 Å². The molecule has 0 aliphatic carbocycles. The summed E-state index contributed by atoms with van der Waals surface area (Å²) in [5, 5.41) is 6.75. The van der Waals surface area contributed by atoms with E-state index < -0.39 is 8.07 Å². The Morgan fingerprint density at radius 1 is 1.53 bits per heavy atom. The van der Waals surface area contributed by atoms with E-state index in [0.29, 0.717) is 0 Å². The molecular weight excluding hydrogens is 316 g/mol. The molecule has 0 saturated heterocycles. The topological polar surface area (TPSA) is 27.1 Å². The smallest absolute Gasteiger partial charge is 0.226 e. The number of hydrogen-bond donors (Lipinski definition) is 0. The van der Waals surface area contributed by atoms with Crippen LogP contribution in [-0.4, -0.2) is 24.1 Å². The molecule has 90 valence electrons. The van der Waals surface area contributed by atoms with Crippen molar-refractivity contribution in [3.63, 3.8) is 0 Å². The van der Waals surface area contributed by atoms with Crippen LogP contribution in [0.5, 0.6) is 5.88 Å². The van der Waals surface area contributed by atoms with Gasteiger partial charge in [0, 0.05) is 6.17 Å². The number of hydrogen-bond acceptors (Lipinski definition) is 3. The zero-order chi connectivity index (χ0) is 12.0. The molecular formula is C11H13BrN2OSSi. The molecule has 0 atom stereocenters. The Kier molecular flexibility index (Phi) is 2.68. The van der Waals surface area contributed by atoms with Gasteiger partial charge in [0.05, 0.1) is 11.1 Å². The Hall–Kier alpha value is -0.593. The highest BCUT2D eigenvalue weighted by atomic mass is 79.9. The number of ether oxygens (including phenoxy) is 1. The van der Waals surface area contributed by atoms with E-state index in [-0.39, 0.29) is 0 Å². The minimum atomic E-state index is -1.28. The first-order valence-electron chi connectivity index (χ1n) is 5.50. The summed E-state index contributed by atoms with van der Waals surface area (Å²) in [7, 11) is -1.28. The van der Waals surface area contributed by atoms with Gasteiger partial charge in [-0.05, 0) is 27.4 Å². The van der Waals surface area contributed by atoms with Gasteiger partial charge in [-0.1, -0.05) is 19.2 Å². The lowest BCUT2D eigenvalue weighted by molar-refractivity contribution is 0.315. The van der Waals surface area contributed by atoms with Gasteiger partial charge in [-0.3, -0.25) is 0 Å². The van der Waals surface area contributed by atoms with Gasteiger partial charge in [0.2, 0.25) is 5.88 Å². The van der Waals surface area contributed by atoms with Crippen molar-refractivity contribution in [1.29, 1.82) is 0 Å². The third kappa shape index (κ3) is 1.98. The first kappa shape index (κ1) is 11.5. The Morgan fingerprint density at radius 3 is 3.06 bits per heavy atom. The standard InChI is InChI=1S/C11H13BrN2OSSi/c1-17(2)6-14-11(15-7-17)9(12)10(13-14)8-4-3-5-16-8/h3-5H,6-7H2,1-2H3. The lowest BCUT2D eigenvalue weighted by atomic mass is 10.3. The Labute approximate surface area is 114 Å². The third-order valence-corrected chi connectivity index (χ3v) is 6.46. The van der Waals surface area contributed by atoms with Crippen molar-refractivity contribution >= 4 is 35.3 Å².